The lowest BCUT2D eigenvalue weighted by atomic mass is 10.5. The summed E-state index contributed by atoms with van der Waals surface area (Å²) in [5, 5.41) is 3.21. The predicted octanol–water partition coefficient (Wildman–Crippen LogP) is 1.26. The molecule has 0 aliphatic heterocycles. The second-order valence-electron chi connectivity index (χ2n) is 2.66. The number of hydrogen-bond donors (Lipinski definition) is 1. The standard InChI is InChI=1S/C9H20ClNO2/c1-2-6-12-8-4-11-5-9-13-7-3-10/h11H,2-9H2,1H3. The van der Waals surface area contributed by atoms with Gasteiger partial charge in [-0.2, -0.15) is 0 Å². The monoisotopic (exact) mass is 209 g/mol. The van der Waals surface area contributed by atoms with Gasteiger partial charge in [-0.1, -0.05) is 6.92 Å². The predicted molar refractivity (Wildman–Crippen MR) is 55.5 cm³/mol. The van der Waals surface area contributed by atoms with E-state index in [1.165, 1.54) is 0 Å². The second-order valence-corrected chi connectivity index (χ2v) is 3.04. The van der Waals surface area contributed by atoms with Gasteiger partial charge in [0.15, 0.2) is 0 Å². The smallest absolute Gasteiger partial charge is 0.0602 e. The Hall–Kier alpha value is 0.170. The van der Waals surface area contributed by atoms with Gasteiger partial charge in [-0.25, -0.2) is 0 Å². The number of hydrogen-bond acceptors (Lipinski definition) is 3. The third-order valence-electron chi connectivity index (χ3n) is 1.42. The molecule has 0 rings (SSSR count). The molecule has 3 nitrogen and oxygen atoms in total. The first kappa shape index (κ1) is 13.2. The molecule has 0 radical (unpaired) electrons. The van der Waals surface area contributed by atoms with E-state index in [0.717, 1.165) is 39.3 Å². The number of ether oxygens (including phenoxy) is 2. The lowest BCUT2D eigenvalue weighted by Gasteiger charge is -2.05. The molecule has 4 heteroatoms. The van der Waals surface area contributed by atoms with Crippen LogP contribution >= 0.6 is 11.6 Å². The van der Waals surface area contributed by atoms with Gasteiger partial charge in [0.2, 0.25) is 0 Å². The van der Waals surface area contributed by atoms with Crippen LogP contribution in [0, 0.1) is 0 Å². The average Bonchev–Trinajstić information content (AvgIpc) is 2.16. The Kier molecular flexibility index (Phi) is 12.3. The number of nitrogens with one attached hydrogen (secondary N) is 1. The molecule has 0 atom stereocenters. The lowest BCUT2D eigenvalue weighted by Crippen LogP contribution is -2.24. The molecule has 80 valence electrons. The van der Waals surface area contributed by atoms with Crippen LogP contribution in [0.3, 0.4) is 0 Å². The highest BCUT2D eigenvalue weighted by Gasteiger charge is 1.88. The van der Waals surface area contributed by atoms with Crippen LogP contribution in [0.2, 0.25) is 0 Å². The maximum absolute atomic E-state index is 5.43. The van der Waals surface area contributed by atoms with E-state index in [1.807, 2.05) is 0 Å². The molecule has 0 unspecified atom stereocenters. The van der Waals surface area contributed by atoms with Crippen molar-refractivity contribution in [3.63, 3.8) is 0 Å². The summed E-state index contributed by atoms with van der Waals surface area (Å²) < 4.78 is 10.5. The van der Waals surface area contributed by atoms with E-state index in [4.69, 9.17) is 21.1 Å². The van der Waals surface area contributed by atoms with Gasteiger partial charge >= 0.3 is 0 Å². The van der Waals surface area contributed by atoms with Crippen molar-refractivity contribution in [2.45, 2.75) is 13.3 Å². The van der Waals surface area contributed by atoms with Crippen molar-refractivity contribution in [2.24, 2.45) is 0 Å². The van der Waals surface area contributed by atoms with Crippen molar-refractivity contribution in [1.29, 1.82) is 0 Å². The van der Waals surface area contributed by atoms with E-state index in [-0.39, 0.29) is 0 Å². The van der Waals surface area contributed by atoms with Gasteiger partial charge in [0, 0.05) is 25.6 Å². The van der Waals surface area contributed by atoms with Gasteiger partial charge in [0.05, 0.1) is 19.8 Å². The molecular weight excluding hydrogens is 190 g/mol. The zero-order valence-electron chi connectivity index (χ0n) is 8.35. The molecule has 0 saturated carbocycles. The molecule has 0 saturated heterocycles. The minimum atomic E-state index is 0.569. The number of alkyl halides is 1. The lowest BCUT2D eigenvalue weighted by molar-refractivity contribution is 0.127. The van der Waals surface area contributed by atoms with Gasteiger partial charge in [0.1, 0.15) is 0 Å². The summed E-state index contributed by atoms with van der Waals surface area (Å²) in [5.74, 6) is 0.569. The summed E-state index contributed by atoms with van der Waals surface area (Å²) in [6.07, 6.45) is 1.08. The van der Waals surface area contributed by atoms with Crippen LogP contribution in [0.5, 0.6) is 0 Å². The van der Waals surface area contributed by atoms with Crippen molar-refractivity contribution in [3.05, 3.63) is 0 Å². The molecule has 0 spiro atoms. The largest absolute Gasteiger partial charge is 0.380 e. The summed E-state index contributed by atoms with van der Waals surface area (Å²) in [6, 6.07) is 0. The van der Waals surface area contributed by atoms with Crippen molar-refractivity contribution >= 4 is 11.6 Å². The summed E-state index contributed by atoms with van der Waals surface area (Å²) in [7, 11) is 0. The minimum absolute atomic E-state index is 0.569. The topological polar surface area (TPSA) is 30.5 Å². The van der Waals surface area contributed by atoms with Gasteiger partial charge < -0.3 is 14.8 Å². The molecule has 1 N–H and O–H groups in total. The third-order valence-corrected chi connectivity index (χ3v) is 1.57. The Morgan fingerprint density at radius 1 is 1.00 bits per heavy atom. The fraction of sp³-hybridized carbons (Fsp3) is 1.00. The average molecular weight is 210 g/mol. The van der Waals surface area contributed by atoms with Crippen molar-refractivity contribution < 1.29 is 9.47 Å². The maximum Gasteiger partial charge on any atom is 0.0602 e. The van der Waals surface area contributed by atoms with E-state index in [1.54, 1.807) is 0 Å². The normalized spacial score (nSPS) is 10.6. The summed E-state index contributed by atoms with van der Waals surface area (Å²) in [6.45, 7) is 6.86. The molecule has 0 aliphatic rings. The molecule has 0 aromatic carbocycles. The molecule has 0 bridgehead atoms. The van der Waals surface area contributed by atoms with Crippen LogP contribution in [0.1, 0.15) is 13.3 Å². The highest BCUT2D eigenvalue weighted by Crippen LogP contribution is 1.79. The maximum atomic E-state index is 5.43. The van der Waals surface area contributed by atoms with Crippen molar-refractivity contribution in [1.82, 2.24) is 5.32 Å². The van der Waals surface area contributed by atoms with Crippen LogP contribution in [-0.4, -0.2) is 45.4 Å². The van der Waals surface area contributed by atoms with E-state index in [0.29, 0.717) is 12.5 Å². The summed E-state index contributed by atoms with van der Waals surface area (Å²) in [4.78, 5) is 0. The van der Waals surface area contributed by atoms with Gasteiger partial charge in [-0.15, -0.1) is 11.6 Å². The van der Waals surface area contributed by atoms with Crippen LogP contribution < -0.4 is 5.32 Å². The highest BCUT2D eigenvalue weighted by molar-refractivity contribution is 6.17. The Morgan fingerprint density at radius 3 is 2.15 bits per heavy atom. The molecular formula is C9H20ClNO2. The van der Waals surface area contributed by atoms with Gasteiger partial charge in [0.25, 0.3) is 0 Å². The molecule has 0 aromatic heterocycles. The molecule has 0 aliphatic carbocycles. The van der Waals surface area contributed by atoms with Crippen LogP contribution in [0.4, 0.5) is 0 Å². The Morgan fingerprint density at radius 2 is 1.62 bits per heavy atom. The molecule has 0 heterocycles. The first-order valence-electron chi connectivity index (χ1n) is 4.84. The Bertz CT molecular complexity index is 83.7. The first-order valence-corrected chi connectivity index (χ1v) is 5.37. The van der Waals surface area contributed by atoms with Gasteiger partial charge in [-0.3, -0.25) is 0 Å². The SMILES string of the molecule is CCCOCCNCCOCCCl. The zero-order chi connectivity index (χ0) is 9.78. The van der Waals surface area contributed by atoms with Crippen LogP contribution in [0.15, 0.2) is 0 Å². The van der Waals surface area contributed by atoms with Crippen LogP contribution in [-0.2, 0) is 9.47 Å². The Labute approximate surface area is 85.7 Å². The Balaban J connectivity index is 2.76. The van der Waals surface area contributed by atoms with Crippen molar-refractivity contribution in [2.75, 3.05) is 45.4 Å². The van der Waals surface area contributed by atoms with Crippen molar-refractivity contribution in [3.8, 4) is 0 Å². The third kappa shape index (κ3) is 12.2. The number of halogens is 1. The van der Waals surface area contributed by atoms with Crippen LogP contribution in [0.25, 0.3) is 0 Å². The summed E-state index contributed by atoms with van der Waals surface area (Å²) >= 11 is 5.43. The second kappa shape index (κ2) is 12.2. The number of rotatable bonds is 10. The first-order chi connectivity index (χ1) is 6.41. The molecule has 13 heavy (non-hydrogen) atoms. The fourth-order valence-corrected chi connectivity index (χ4v) is 0.926. The van der Waals surface area contributed by atoms with Gasteiger partial charge in [-0.05, 0) is 6.42 Å². The quantitative estimate of drug-likeness (QED) is 0.434. The molecule has 0 fully saturated rings. The molecule has 0 aromatic rings. The zero-order valence-corrected chi connectivity index (χ0v) is 9.11. The highest BCUT2D eigenvalue weighted by atomic mass is 35.5. The summed E-state index contributed by atoms with van der Waals surface area (Å²) in [5.41, 5.74) is 0. The fourth-order valence-electron chi connectivity index (χ4n) is 0.817. The minimum Gasteiger partial charge on any atom is -0.380 e. The van der Waals surface area contributed by atoms with E-state index in [9.17, 15) is 0 Å². The van der Waals surface area contributed by atoms with E-state index in [2.05, 4.69) is 12.2 Å². The van der Waals surface area contributed by atoms with E-state index >= 15 is 0 Å². The molecule has 0 amide bonds. The van der Waals surface area contributed by atoms with E-state index < -0.39 is 0 Å².